The lowest BCUT2D eigenvalue weighted by atomic mass is 9.98. The zero-order chi connectivity index (χ0) is 28.9. The van der Waals surface area contributed by atoms with E-state index in [9.17, 15) is 0 Å². The van der Waals surface area contributed by atoms with Gasteiger partial charge >= 0.3 is 0 Å². The number of nitrogens with zero attached hydrogens (tertiary/aromatic N) is 6. The standard InChI is InChI=1S/C36H24N6S/c1-21-8-12-24(13-9-21)34-38-35(25-14-10-22(2)11-15-25)40-36(39-34)26-16-17-27-30(20-26)37-32(23-6-4-3-5-7-23)28-18-19-29-33(31(27)28)42-43-41-29/h3-20H,1-2H3. The van der Waals surface area contributed by atoms with E-state index in [1.807, 2.05) is 24.3 Å². The van der Waals surface area contributed by atoms with E-state index >= 15 is 0 Å². The second kappa shape index (κ2) is 10.2. The first-order valence-corrected chi connectivity index (χ1v) is 14.8. The topological polar surface area (TPSA) is 77.3 Å². The van der Waals surface area contributed by atoms with Crippen LogP contribution in [0, 0.1) is 13.8 Å². The van der Waals surface area contributed by atoms with Gasteiger partial charge in [0.2, 0.25) is 0 Å². The number of hydrogen-bond donors (Lipinski definition) is 0. The van der Waals surface area contributed by atoms with E-state index < -0.39 is 0 Å². The molecule has 0 aliphatic carbocycles. The summed E-state index contributed by atoms with van der Waals surface area (Å²) in [5.74, 6) is 1.86. The first-order valence-electron chi connectivity index (χ1n) is 14.1. The van der Waals surface area contributed by atoms with Crippen LogP contribution in [-0.4, -0.2) is 28.7 Å². The minimum Gasteiger partial charge on any atom is -0.247 e. The van der Waals surface area contributed by atoms with Gasteiger partial charge in [-0.3, -0.25) is 0 Å². The molecule has 0 bridgehead atoms. The second-order valence-electron chi connectivity index (χ2n) is 10.7. The average Bonchev–Trinajstić information content (AvgIpc) is 3.54. The zero-order valence-electron chi connectivity index (χ0n) is 23.5. The van der Waals surface area contributed by atoms with Crippen LogP contribution in [-0.2, 0) is 0 Å². The van der Waals surface area contributed by atoms with E-state index in [0.29, 0.717) is 17.5 Å². The maximum absolute atomic E-state index is 5.22. The summed E-state index contributed by atoms with van der Waals surface area (Å²) in [5.41, 5.74) is 9.70. The molecule has 3 aromatic heterocycles. The molecule has 0 radical (unpaired) electrons. The molecule has 0 spiro atoms. The largest absolute Gasteiger partial charge is 0.247 e. The van der Waals surface area contributed by atoms with Gasteiger partial charge < -0.3 is 0 Å². The van der Waals surface area contributed by atoms with Gasteiger partial charge in [-0.25, -0.2) is 19.9 Å². The summed E-state index contributed by atoms with van der Waals surface area (Å²) in [6.45, 7) is 4.15. The molecule has 8 rings (SSSR count). The Labute approximate surface area is 252 Å². The molecule has 0 saturated carbocycles. The van der Waals surface area contributed by atoms with Gasteiger partial charge in [0.05, 0.1) is 22.9 Å². The monoisotopic (exact) mass is 572 g/mol. The van der Waals surface area contributed by atoms with Crippen molar-refractivity contribution in [2.45, 2.75) is 13.8 Å². The summed E-state index contributed by atoms with van der Waals surface area (Å²) in [5, 5.41) is 3.12. The number of aromatic nitrogens is 6. The van der Waals surface area contributed by atoms with Gasteiger partial charge in [-0.05, 0) is 32.0 Å². The Morgan fingerprint density at radius 3 is 1.70 bits per heavy atom. The average molecular weight is 573 g/mol. The number of fused-ring (bicyclic) bond motifs is 5. The molecule has 3 heterocycles. The van der Waals surface area contributed by atoms with E-state index in [4.69, 9.17) is 19.9 Å². The number of hydrogen-bond acceptors (Lipinski definition) is 7. The molecule has 0 aliphatic rings. The van der Waals surface area contributed by atoms with Crippen molar-refractivity contribution in [3.63, 3.8) is 0 Å². The lowest BCUT2D eigenvalue weighted by Gasteiger charge is -2.12. The summed E-state index contributed by atoms with van der Waals surface area (Å²) in [4.78, 5) is 20.0. The van der Waals surface area contributed by atoms with Gasteiger partial charge in [-0.1, -0.05) is 102 Å². The van der Waals surface area contributed by atoms with Gasteiger partial charge in [-0.15, -0.1) is 0 Å². The van der Waals surface area contributed by atoms with Crippen LogP contribution >= 0.6 is 11.7 Å². The highest BCUT2D eigenvalue weighted by Gasteiger charge is 2.17. The van der Waals surface area contributed by atoms with Crippen LogP contribution < -0.4 is 0 Å². The van der Waals surface area contributed by atoms with E-state index in [1.165, 1.54) is 22.9 Å². The Morgan fingerprint density at radius 2 is 1.05 bits per heavy atom. The van der Waals surface area contributed by atoms with E-state index in [-0.39, 0.29) is 0 Å². The van der Waals surface area contributed by atoms with Gasteiger partial charge in [-0.2, -0.15) is 8.75 Å². The van der Waals surface area contributed by atoms with Crippen LogP contribution in [0.15, 0.2) is 109 Å². The van der Waals surface area contributed by atoms with Crippen molar-refractivity contribution >= 4 is 44.4 Å². The molecule has 0 saturated heterocycles. The molecular formula is C36H24N6S. The number of benzene rings is 5. The second-order valence-corrected chi connectivity index (χ2v) is 11.2. The van der Waals surface area contributed by atoms with Crippen molar-refractivity contribution in [1.29, 1.82) is 0 Å². The van der Waals surface area contributed by atoms with E-state index in [1.54, 1.807) is 0 Å². The van der Waals surface area contributed by atoms with Crippen molar-refractivity contribution in [2.75, 3.05) is 0 Å². The highest BCUT2D eigenvalue weighted by molar-refractivity contribution is 7.00. The summed E-state index contributed by atoms with van der Waals surface area (Å²) < 4.78 is 9.20. The van der Waals surface area contributed by atoms with Crippen molar-refractivity contribution in [3.8, 4) is 45.4 Å². The summed E-state index contributed by atoms with van der Waals surface area (Å²) >= 11 is 1.23. The summed E-state index contributed by atoms with van der Waals surface area (Å²) in [6.07, 6.45) is 0. The van der Waals surface area contributed by atoms with Crippen LogP contribution in [0.4, 0.5) is 0 Å². The Bertz CT molecular complexity index is 2230. The van der Waals surface area contributed by atoms with E-state index in [0.717, 1.165) is 60.7 Å². The predicted octanol–water partition coefficient (Wildman–Crippen LogP) is 8.86. The Morgan fingerprint density at radius 1 is 0.465 bits per heavy atom. The molecule has 43 heavy (non-hydrogen) atoms. The van der Waals surface area contributed by atoms with E-state index in [2.05, 4.69) is 108 Å². The Hall–Kier alpha value is -5.40. The third kappa shape index (κ3) is 4.51. The fourth-order valence-electron chi connectivity index (χ4n) is 5.46. The molecule has 6 nitrogen and oxygen atoms in total. The molecule has 0 amide bonds. The lowest BCUT2D eigenvalue weighted by molar-refractivity contribution is 1.07. The van der Waals surface area contributed by atoms with Gasteiger partial charge in [0, 0.05) is 38.4 Å². The minimum absolute atomic E-state index is 0.597. The maximum Gasteiger partial charge on any atom is 0.164 e. The summed E-state index contributed by atoms with van der Waals surface area (Å²) in [7, 11) is 0. The first kappa shape index (κ1) is 25.3. The molecule has 0 atom stereocenters. The molecule has 5 aromatic carbocycles. The molecule has 0 N–H and O–H groups in total. The molecule has 204 valence electrons. The maximum atomic E-state index is 5.22. The Balaban J connectivity index is 1.38. The van der Waals surface area contributed by atoms with Crippen molar-refractivity contribution in [1.82, 2.24) is 28.7 Å². The third-order valence-electron chi connectivity index (χ3n) is 7.74. The van der Waals surface area contributed by atoms with Crippen molar-refractivity contribution in [3.05, 3.63) is 120 Å². The lowest BCUT2D eigenvalue weighted by Crippen LogP contribution is -2.00. The SMILES string of the molecule is Cc1ccc(-c2nc(-c3ccc(C)cc3)nc(-c3ccc4c(c3)nc(-c3ccccc3)c3ccc5nsnc5c34)n2)cc1. The zero-order valence-corrected chi connectivity index (χ0v) is 24.3. The van der Waals surface area contributed by atoms with Crippen LogP contribution in [0.1, 0.15) is 11.1 Å². The van der Waals surface area contributed by atoms with Gasteiger partial charge in [0.15, 0.2) is 17.5 Å². The normalized spacial score (nSPS) is 11.5. The van der Waals surface area contributed by atoms with Crippen LogP contribution in [0.2, 0.25) is 0 Å². The van der Waals surface area contributed by atoms with Crippen LogP contribution in [0.3, 0.4) is 0 Å². The molecule has 0 fully saturated rings. The Kier molecular flexibility index (Phi) is 5.98. The fourth-order valence-corrected chi connectivity index (χ4v) is 6.00. The molecule has 0 aliphatic heterocycles. The van der Waals surface area contributed by atoms with Crippen molar-refractivity contribution in [2.24, 2.45) is 0 Å². The summed E-state index contributed by atoms with van der Waals surface area (Å²) in [6, 6.07) is 37.2. The third-order valence-corrected chi connectivity index (χ3v) is 8.29. The number of aryl methyl sites for hydroxylation is 2. The predicted molar refractivity (Wildman–Crippen MR) is 175 cm³/mol. The minimum atomic E-state index is 0.597. The molecule has 0 unspecified atom stereocenters. The highest BCUT2D eigenvalue weighted by atomic mass is 32.1. The van der Waals surface area contributed by atoms with Gasteiger partial charge in [0.1, 0.15) is 11.0 Å². The number of rotatable bonds is 4. The number of pyridine rings is 1. The van der Waals surface area contributed by atoms with Crippen LogP contribution in [0.25, 0.3) is 78.1 Å². The van der Waals surface area contributed by atoms with Crippen LogP contribution in [0.5, 0.6) is 0 Å². The molecular weight excluding hydrogens is 549 g/mol. The fraction of sp³-hybridized carbons (Fsp3) is 0.0556. The first-order chi connectivity index (χ1) is 21.1. The smallest absolute Gasteiger partial charge is 0.164 e. The van der Waals surface area contributed by atoms with Gasteiger partial charge in [0.25, 0.3) is 0 Å². The highest BCUT2D eigenvalue weighted by Crippen LogP contribution is 2.37. The molecule has 7 heteroatoms. The van der Waals surface area contributed by atoms with Crippen molar-refractivity contribution < 1.29 is 0 Å². The molecule has 8 aromatic rings. The quantitative estimate of drug-likeness (QED) is 0.196.